The Labute approximate surface area is 279 Å². The highest BCUT2D eigenvalue weighted by atomic mass is 31.1. The number of carbonyl (C=O) groups excluding carboxylic acids is 2. The van der Waals surface area contributed by atoms with E-state index in [1.807, 2.05) is 56.2 Å². The van der Waals surface area contributed by atoms with Crippen molar-refractivity contribution in [2.24, 2.45) is 0 Å². The van der Waals surface area contributed by atoms with Crippen LogP contribution in [0.5, 0.6) is 0 Å². The van der Waals surface area contributed by atoms with Crippen LogP contribution in [-0.4, -0.2) is 74.2 Å². The van der Waals surface area contributed by atoms with Crippen molar-refractivity contribution in [3.05, 3.63) is 124 Å². The number of hydrogen-bond donors (Lipinski definition) is 6. The first-order chi connectivity index (χ1) is 23.2. The number of benzene rings is 2. The van der Waals surface area contributed by atoms with Crippen molar-refractivity contribution in [3.8, 4) is 11.8 Å². The Morgan fingerprint density at radius 2 is 1.62 bits per heavy atom. The molecule has 2 aromatic carbocycles. The number of H-pyrrole nitrogens is 1. The van der Waals surface area contributed by atoms with E-state index >= 15 is 0 Å². The van der Waals surface area contributed by atoms with Gasteiger partial charge in [-0.2, -0.15) is 0 Å². The fourth-order valence-corrected chi connectivity index (χ4v) is 7.99. The summed E-state index contributed by atoms with van der Waals surface area (Å²) in [7, 11) is -0.849. The van der Waals surface area contributed by atoms with Crippen LogP contribution in [0.2, 0.25) is 0 Å². The number of nitrogens with one attached hydrogen (secondary N) is 3. The summed E-state index contributed by atoms with van der Waals surface area (Å²) in [6.45, 7) is 1.20. The van der Waals surface area contributed by atoms with Crippen LogP contribution in [0.1, 0.15) is 31.6 Å². The molecule has 249 valence electrons. The molecule has 2 heterocycles. The lowest BCUT2D eigenvalue weighted by Gasteiger charge is -2.32. The molecule has 13 heteroatoms. The monoisotopic (exact) mass is 671 g/mol. The zero-order valence-corrected chi connectivity index (χ0v) is 27.0. The van der Waals surface area contributed by atoms with E-state index in [0.717, 1.165) is 22.3 Å². The molecule has 1 aliphatic heterocycles. The van der Waals surface area contributed by atoms with Gasteiger partial charge in [0.2, 0.25) is 11.8 Å². The van der Waals surface area contributed by atoms with Gasteiger partial charge >= 0.3 is 5.69 Å². The summed E-state index contributed by atoms with van der Waals surface area (Å²) in [5.41, 5.74) is -0.686. The number of ether oxygens (including phenoxy) is 1. The van der Waals surface area contributed by atoms with Gasteiger partial charge in [-0.05, 0) is 44.7 Å². The molecule has 5 atom stereocenters. The summed E-state index contributed by atoms with van der Waals surface area (Å²) in [5, 5.41) is 37.5. The van der Waals surface area contributed by atoms with Crippen molar-refractivity contribution in [2.75, 3.05) is 13.2 Å². The minimum atomic E-state index is -1.53. The number of hydrogen-bond acceptors (Lipinski definition) is 8. The average Bonchev–Trinajstić information content (AvgIpc) is 3.68. The van der Waals surface area contributed by atoms with Crippen molar-refractivity contribution in [3.63, 3.8) is 0 Å². The number of aliphatic hydroxyl groups excluding tert-OH is 3. The van der Waals surface area contributed by atoms with Gasteiger partial charge in [-0.3, -0.25) is 23.9 Å². The molecule has 12 nitrogen and oxygen atoms in total. The summed E-state index contributed by atoms with van der Waals surface area (Å²) in [6.07, 6.45) is 1.64. The maximum atomic E-state index is 12.8. The van der Waals surface area contributed by atoms with Crippen LogP contribution in [0.25, 0.3) is 0 Å². The zero-order valence-electron chi connectivity index (χ0n) is 26.1. The van der Waals surface area contributed by atoms with Crippen molar-refractivity contribution in [1.82, 2.24) is 20.2 Å². The highest BCUT2D eigenvalue weighted by Crippen LogP contribution is 2.56. The topological polar surface area (TPSA) is 183 Å². The second-order valence-corrected chi connectivity index (χ2v) is 13.4. The van der Waals surface area contributed by atoms with Crippen LogP contribution >= 0.6 is 7.92 Å². The number of aromatic nitrogens is 2. The predicted octanol–water partition coefficient (Wildman–Crippen LogP) is -0.233. The van der Waals surface area contributed by atoms with Crippen molar-refractivity contribution >= 4 is 30.3 Å². The van der Waals surface area contributed by atoms with E-state index in [1.165, 1.54) is 10.6 Å². The van der Waals surface area contributed by atoms with E-state index in [-0.39, 0.29) is 36.9 Å². The lowest BCUT2D eigenvalue weighted by Crippen LogP contribution is -2.39. The minimum Gasteiger partial charge on any atom is -0.394 e. The molecular weight excluding hydrogens is 635 g/mol. The summed E-state index contributed by atoms with van der Waals surface area (Å²) in [4.78, 5) is 51.9. The van der Waals surface area contributed by atoms with Crippen LogP contribution in [0, 0.1) is 42.7 Å². The van der Waals surface area contributed by atoms with Gasteiger partial charge < -0.3 is 30.7 Å². The van der Waals surface area contributed by atoms with Gasteiger partial charge in [0.1, 0.15) is 23.9 Å². The zero-order chi connectivity index (χ0) is 34.2. The molecule has 1 saturated heterocycles. The van der Waals surface area contributed by atoms with E-state index in [2.05, 4.69) is 58.1 Å². The normalized spacial score (nSPS) is 21.9. The lowest BCUT2D eigenvalue weighted by molar-refractivity contribution is -0.126. The maximum Gasteiger partial charge on any atom is 0.330 e. The third-order valence-electron chi connectivity index (χ3n) is 7.87. The number of carbonyl (C=O) groups is 2. The Balaban J connectivity index is 1.13. The van der Waals surface area contributed by atoms with Crippen LogP contribution < -0.4 is 32.5 Å². The summed E-state index contributed by atoms with van der Waals surface area (Å²) >= 11 is 0. The molecule has 0 spiro atoms. The summed E-state index contributed by atoms with van der Waals surface area (Å²) in [5.74, 6) is 5.51. The number of aliphatic hydroxyl groups is 3. The van der Waals surface area contributed by atoms with Crippen molar-refractivity contribution in [2.45, 2.75) is 50.3 Å². The molecule has 3 aromatic rings. The van der Waals surface area contributed by atoms with Gasteiger partial charge in [-0.15, -0.1) is 0 Å². The number of nitrogens with zero attached hydrogens (tertiary/aromatic N) is 1. The Hall–Kier alpha value is -4.11. The molecule has 5 rings (SSSR count). The highest BCUT2D eigenvalue weighted by Gasteiger charge is 2.44. The van der Waals surface area contributed by atoms with Crippen LogP contribution in [-0.2, 0) is 14.3 Å². The van der Waals surface area contributed by atoms with Gasteiger partial charge in [0.25, 0.3) is 5.56 Å². The van der Waals surface area contributed by atoms with Gasteiger partial charge in [-0.25, -0.2) is 4.79 Å². The van der Waals surface area contributed by atoms with Crippen LogP contribution in [0.3, 0.4) is 0 Å². The third-order valence-corrected chi connectivity index (χ3v) is 10.4. The second-order valence-electron chi connectivity index (χ2n) is 11.2. The van der Waals surface area contributed by atoms with Gasteiger partial charge in [0.15, 0.2) is 6.23 Å². The third kappa shape index (κ3) is 8.29. The van der Waals surface area contributed by atoms with Crippen LogP contribution in [0.15, 0.2) is 76.4 Å². The number of rotatable bonds is 11. The smallest absolute Gasteiger partial charge is 0.330 e. The van der Waals surface area contributed by atoms with Crippen molar-refractivity contribution in [1.29, 1.82) is 0 Å². The lowest BCUT2D eigenvalue weighted by atomic mass is 9.99. The molecule has 5 radical (unpaired) electrons. The average molecular weight is 672 g/mol. The molecule has 6 N–H and O–H groups in total. The molecule has 1 aliphatic carbocycles. The molecule has 2 fully saturated rings. The molecule has 1 aromatic heterocycles. The van der Waals surface area contributed by atoms with E-state index in [1.54, 1.807) is 0 Å². The first-order valence-electron chi connectivity index (χ1n) is 15.4. The Bertz CT molecular complexity index is 1700. The molecule has 1 unspecified atom stereocenters. The quantitative estimate of drug-likeness (QED) is 0.119. The fourth-order valence-electron chi connectivity index (χ4n) is 5.44. The SMILES string of the molecule is CC(NC(=O)CCC(=O)NCC#Cc1cn([C@@H]2O[C@H](CO)[C@@H](O)[C@H]2O)c(=O)[nH]c1=O)[C]1[CH][CH][CH][C]1P(c1ccccc1)c1ccccc1. The van der Waals surface area contributed by atoms with Gasteiger partial charge in [0.05, 0.1) is 13.2 Å². The Morgan fingerprint density at radius 3 is 2.25 bits per heavy atom. The molecule has 0 bridgehead atoms. The Kier molecular flexibility index (Phi) is 12.0. The molecule has 2 aliphatic rings. The van der Waals surface area contributed by atoms with Crippen LogP contribution in [0.4, 0.5) is 0 Å². The maximum absolute atomic E-state index is 12.8. The fraction of sp³-hybridized carbons (Fsp3) is 0.286. The van der Waals surface area contributed by atoms with E-state index < -0.39 is 56.2 Å². The van der Waals surface area contributed by atoms with Gasteiger partial charge in [0, 0.05) is 36.7 Å². The Morgan fingerprint density at radius 1 is 0.979 bits per heavy atom. The largest absolute Gasteiger partial charge is 0.394 e. The first kappa shape index (κ1) is 35.2. The highest BCUT2D eigenvalue weighted by molar-refractivity contribution is 7.76. The van der Waals surface area contributed by atoms with E-state index in [4.69, 9.17) is 4.74 Å². The number of amides is 2. The van der Waals surface area contributed by atoms with E-state index in [0.29, 0.717) is 0 Å². The second kappa shape index (κ2) is 16.3. The summed E-state index contributed by atoms with van der Waals surface area (Å²) in [6, 6.07) is 20.3. The summed E-state index contributed by atoms with van der Waals surface area (Å²) < 4.78 is 6.22. The molecule has 2 amide bonds. The first-order valence-corrected chi connectivity index (χ1v) is 16.7. The molecule has 48 heavy (non-hydrogen) atoms. The molecule has 1 saturated carbocycles. The predicted molar refractivity (Wildman–Crippen MR) is 180 cm³/mol. The van der Waals surface area contributed by atoms with E-state index in [9.17, 15) is 34.5 Å². The minimum absolute atomic E-state index is 0.0409. The number of aromatic amines is 1. The standard InChI is InChI=1S/C35H36N4O8P/c1-22(26-15-8-16-28(26)48(24-11-4-2-5-12-24)25-13-6-3-7-14-25)37-30(42)18-17-29(41)36-19-9-10-23-20-39(35(46)38-33(23)45)34-32(44)31(43)27(21-40)47-34/h2-8,11-16,20,22,27,31-32,34,40,43-44H,17-19,21H2,1H3,(H,36,41)(H,37,42)(H,38,45,46)/t22?,27-,31-,32-,34-/m1/s1. The molecular formula is C35H36N4O8P. The van der Waals surface area contributed by atoms with Gasteiger partial charge in [-0.1, -0.05) is 72.5 Å². The van der Waals surface area contributed by atoms with Crippen molar-refractivity contribution < 1.29 is 29.6 Å².